The fourth-order valence-electron chi connectivity index (χ4n) is 4.46. The van der Waals surface area contributed by atoms with Gasteiger partial charge in [0.25, 0.3) is 0 Å². The number of sulfonamides is 1. The summed E-state index contributed by atoms with van der Waals surface area (Å²) in [5.41, 5.74) is 3.68. The molecular formula is C33H34N4O7S. The molecule has 0 saturated carbocycles. The Bertz CT molecular complexity index is 1760. The van der Waals surface area contributed by atoms with E-state index >= 15 is 0 Å². The lowest BCUT2D eigenvalue weighted by Gasteiger charge is -2.19. The molecule has 0 radical (unpaired) electrons. The van der Waals surface area contributed by atoms with Gasteiger partial charge in [-0.2, -0.15) is 0 Å². The highest BCUT2D eigenvalue weighted by Crippen LogP contribution is 2.27. The smallest absolute Gasteiger partial charge is 0.323 e. The summed E-state index contributed by atoms with van der Waals surface area (Å²) >= 11 is 0. The first-order valence-electron chi connectivity index (χ1n) is 13.9. The number of carbonyl (C=O) groups is 3. The zero-order valence-electron chi connectivity index (χ0n) is 25.0. The summed E-state index contributed by atoms with van der Waals surface area (Å²) in [6.07, 6.45) is -0.204. The van der Waals surface area contributed by atoms with Gasteiger partial charge in [-0.3, -0.25) is 9.59 Å². The van der Waals surface area contributed by atoms with Crippen molar-refractivity contribution in [3.05, 3.63) is 114 Å². The summed E-state index contributed by atoms with van der Waals surface area (Å²) in [6.45, 7) is 1.89. The molecule has 0 aliphatic heterocycles. The second kappa shape index (κ2) is 15.0. The Kier molecular flexibility index (Phi) is 10.9. The number of esters is 1. The summed E-state index contributed by atoms with van der Waals surface area (Å²) in [5.74, 6) is -0.505. The number of nitrogens with one attached hydrogen (secondary N) is 4. The molecule has 0 fully saturated rings. The van der Waals surface area contributed by atoms with Gasteiger partial charge in [0, 0.05) is 11.4 Å². The average molecular weight is 631 g/mol. The van der Waals surface area contributed by atoms with Gasteiger partial charge in [0.05, 0.1) is 43.7 Å². The molecule has 4 aromatic rings. The van der Waals surface area contributed by atoms with E-state index in [1.165, 1.54) is 26.4 Å². The Hall–Kier alpha value is -5.20. The number of amides is 3. The van der Waals surface area contributed by atoms with Crippen molar-refractivity contribution in [2.45, 2.75) is 30.7 Å². The van der Waals surface area contributed by atoms with E-state index in [2.05, 4.69) is 20.7 Å². The Morgan fingerprint density at radius 3 is 2.11 bits per heavy atom. The van der Waals surface area contributed by atoms with Crippen molar-refractivity contribution in [1.29, 1.82) is 0 Å². The van der Waals surface area contributed by atoms with Crippen LogP contribution in [0.1, 0.15) is 29.2 Å². The van der Waals surface area contributed by atoms with E-state index in [0.717, 1.165) is 5.56 Å². The summed E-state index contributed by atoms with van der Waals surface area (Å²) in [7, 11) is -1.22. The first-order chi connectivity index (χ1) is 21.6. The molecule has 11 nitrogen and oxygen atoms in total. The van der Waals surface area contributed by atoms with Crippen LogP contribution in [-0.4, -0.2) is 40.5 Å². The van der Waals surface area contributed by atoms with Gasteiger partial charge in [-0.1, -0.05) is 54.6 Å². The van der Waals surface area contributed by atoms with Crippen LogP contribution in [0.2, 0.25) is 0 Å². The van der Waals surface area contributed by atoms with Crippen molar-refractivity contribution in [2.24, 2.45) is 0 Å². The molecule has 0 aliphatic carbocycles. The maximum absolute atomic E-state index is 12.9. The standard InChI is InChI=1S/C33H34N4O7S/c1-22-9-7-8-12-27(22)35-33(40)36-28-18-13-23(19-30(28)43-2)20-31(38)34-25-16-14-24(15-17-25)29(21-32(39)44-3)37-45(41,42)26-10-5-4-6-11-26/h4-19,29,37H,20-21H2,1-3H3,(H,34,38)(H2,35,36,40)/t29-/m1/s1. The second-order valence-electron chi connectivity index (χ2n) is 10.0. The normalized spacial score (nSPS) is 11.6. The molecule has 4 N–H and O–H groups in total. The third kappa shape index (κ3) is 9.15. The minimum atomic E-state index is -3.92. The third-order valence-electron chi connectivity index (χ3n) is 6.82. The van der Waals surface area contributed by atoms with Crippen LogP contribution in [-0.2, 0) is 30.8 Å². The predicted molar refractivity (Wildman–Crippen MR) is 172 cm³/mol. The summed E-state index contributed by atoms with van der Waals surface area (Å²) in [5, 5.41) is 8.37. The molecule has 45 heavy (non-hydrogen) atoms. The van der Waals surface area contributed by atoms with Crippen molar-refractivity contribution in [3.63, 3.8) is 0 Å². The van der Waals surface area contributed by atoms with E-state index in [9.17, 15) is 22.8 Å². The lowest BCUT2D eigenvalue weighted by atomic mass is 10.0. The molecule has 0 spiro atoms. The minimum absolute atomic E-state index is 0.0235. The maximum atomic E-state index is 12.9. The molecule has 0 aliphatic rings. The van der Waals surface area contributed by atoms with Gasteiger partial charge in [-0.15, -0.1) is 0 Å². The zero-order chi connectivity index (χ0) is 32.4. The quantitative estimate of drug-likeness (QED) is 0.153. The molecule has 0 aromatic heterocycles. The molecule has 0 bridgehead atoms. The van der Waals surface area contributed by atoms with Crippen LogP contribution in [0.4, 0.5) is 21.9 Å². The van der Waals surface area contributed by atoms with E-state index in [0.29, 0.717) is 33.9 Å². The van der Waals surface area contributed by atoms with Crippen LogP contribution < -0.4 is 25.4 Å². The number of hydrogen-bond donors (Lipinski definition) is 4. The molecule has 12 heteroatoms. The number of urea groups is 1. The number of carbonyl (C=O) groups excluding carboxylic acids is 3. The third-order valence-corrected chi connectivity index (χ3v) is 8.31. The van der Waals surface area contributed by atoms with Crippen molar-refractivity contribution in [3.8, 4) is 5.75 Å². The van der Waals surface area contributed by atoms with Gasteiger partial charge < -0.3 is 25.4 Å². The van der Waals surface area contributed by atoms with Gasteiger partial charge in [0.1, 0.15) is 5.75 Å². The van der Waals surface area contributed by atoms with E-state index in [1.54, 1.807) is 66.7 Å². The Balaban J connectivity index is 1.39. The van der Waals surface area contributed by atoms with Crippen LogP contribution in [0, 0.1) is 6.92 Å². The van der Waals surface area contributed by atoms with Crippen LogP contribution in [0.5, 0.6) is 5.75 Å². The number of anilines is 3. The molecule has 234 valence electrons. The minimum Gasteiger partial charge on any atom is -0.495 e. The van der Waals surface area contributed by atoms with Crippen LogP contribution in [0.15, 0.2) is 102 Å². The Morgan fingerprint density at radius 1 is 0.778 bits per heavy atom. The highest BCUT2D eigenvalue weighted by atomic mass is 32.2. The van der Waals surface area contributed by atoms with Gasteiger partial charge in [0.15, 0.2) is 0 Å². The SMILES string of the molecule is COC(=O)C[C@@H](NS(=O)(=O)c1ccccc1)c1ccc(NC(=O)Cc2ccc(NC(=O)Nc3ccccc3C)c(OC)c2)cc1. The van der Waals surface area contributed by atoms with E-state index in [-0.39, 0.29) is 23.6 Å². The van der Waals surface area contributed by atoms with Crippen molar-refractivity contribution >= 4 is 45.0 Å². The summed E-state index contributed by atoms with van der Waals surface area (Å²) in [4.78, 5) is 37.5. The first kappa shape index (κ1) is 32.7. The first-order valence-corrected chi connectivity index (χ1v) is 15.4. The number of benzene rings is 4. The van der Waals surface area contributed by atoms with Gasteiger partial charge in [0.2, 0.25) is 15.9 Å². The van der Waals surface area contributed by atoms with E-state index in [4.69, 9.17) is 9.47 Å². The van der Waals surface area contributed by atoms with E-state index < -0.39 is 28.1 Å². The van der Waals surface area contributed by atoms with Gasteiger partial charge in [-0.25, -0.2) is 17.9 Å². The number of aryl methyl sites for hydroxylation is 1. The predicted octanol–water partition coefficient (Wildman–Crippen LogP) is 5.41. The second-order valence-corrected chi connectivity index (χ2v) is 11.8. The van der Waals surface area contributed by atoms with Crippen molar-refractivity contribution in [1.82, 2.24) is 4.72 Å². The monoisotopic (exact) mass is 630 g/mol. The highest BCUT2D eigenvalue weighted by Gasteiger charge is 2.24. The molecule has 4 rings (SSSR count). The molecule has 1 atom stereocenters. The van der Waals surface area contributed by atoms with Gasteiger partial charge in [-0.05, 0) is 66.1 Å². The Labute approximate surface area is 262 Å². The van der Waals surface area contributed by atoms with Crippen molar-refractivity contribution < 1.29 is 32.3 Å². The fourth-order valence-corrected chi connectivity index (χ4v) is 5.71. The molecule has 0 saturated heterocycles. The maximum Gasteiger partial charge on any atom is 0.323 e. The Morgan fingerprint density at radius 2 is 1.44 bits per heavy atom. The molecule has 0 heterocycles. The number of ether oxygens (including phenoxy) is 2. The zero-order valence-corrected chi connectivity index (χ0v) is 25.8. The molecule has 0 unspecified atom stereocenters. The van der Waals surface area contributed by atoms with E-state index in [1.807, 2.05) is 25.1 Å². The fraction of sp³-hybridized carbons (Fsp3) is 0.182. The van der Waals surface area contributed by atoms with Crippen LogP contribution in [0.25, 0.3) is 0 Å². The van der Waals surface area contributed by atoms with Crippen molar-refractivity contribution in [2.75, 3.05) is 30.2 Å². The topological polar surface area (TPSA) is 152 Å². The average Bonchev–Trinajstić information content (AvgIpc) is 3.03. The number of rotatable bonds is 12. The summed E-state index contributed by atoms with van der Waals surface area (Å²) in [6, 6.07) is 25.4. The molecule has 3 amide bonds. The van der Waals surface area contributed by atoms with Gasteiger partial charge >= 0.3 is 12.0 Å². The number of methoxy groups -OCH3 is 2. The van der Waals surface area contributed by atoms with Crippen LogP contribution >= 0.6 is 0 Å². The van der Waals surface area contributed by atoms with Crippen LogP contribution in [0.3, 0.4) is 0 Å². The highest BCUT2D eigenvalue weighted by molar-refractivity contribution is 7.89. The summed E-state index contributed by atoms with van der Waals surface area (Å²) < 4.78 is 38.6. The molecular weight excluding hydrogens is 596 g/mol. The lowest BCUT2D eigenvalue weighted by molar-refractivity contribution is -0.141. The number of para-hydroxylation sites is 1. The number of hydrogen-bond acceptors (Lipinski definition) is 7. The largest absolute Gasteiger partial charge is 0.495 e. The molecule has 4 aromatic carbocycles. The lowest BCUT2D eigenvalue weighted by Crippen LogP contribution is -2.30.